The molecule has 0 aliphatic rings. The molecular formula is C19H17ClN4O3. The number of hydrogen-bond donors (Lipinski definition) is 2. The summed E-state index contributed by atoms with van der Waals surface area (Å²) in [5, 5.41) is 6.27. The van der Waals surface area contributed by atoms with Crippen LogP contribution in [0.15, 0.2) is 54.9 Å². The van der Waals surface area contributed by atoms with Gasteiger partial charge in [-0.05, 0) is 30.3 Å². The first kappa shape index (κ1) is 18.5. The van der Waals surface area contributed by atoms with E-state index in [1.807, 2.05) is 24.3 Å². The molecule has 0 radical (unpaired) electrons. The van der Waals surface area contributed by atoms with E-state index in [9.17, 15) is 4.79 Å². The fourth-order valence-electron chi connectivity index (χ4n) is 2.35. The van der Waals surface area contributed by atoms with E-state index >= 15 is 0 Å². The molecule has 3 aromatic rings. The molecule has 138 valence electrons. The Balaban J connectivity index is 1.73. The third-order valence-corrected chi connectivity index (χ3v) is 3.91. The summed E-state index contributed by atoms with van der Waals surface area (Å²) in [5.41, 5.74) is 1.48. The number of rotatable bonds is 6. The molecular weight excluding hydrogens is 368 g/mol. The molecule has 2 N–H and O–H groups in total. The topological polar surface area (TPSA) is 85.4 Å². The van der Waals surface area contributed by atoms with Crippen molar-refractivity contribution in [3.8, 4) is 11.5 Å². The lowest BCUT2D eigenvalue weighted by molar-refractivity contribution is 0.102. The number of methoxy groups -OCH3 is 2. The van der Waals surface area contributed by atoms with E-state index in [2.05, 4.69) is 20.6 Å². The van der Waals surface area contributed by atoms with Gasteiger partial charge >= 0.3 is 0 Å². The maximum atomic E-state index is 12.4. The fourth-order valence-corrected chi connectivity index (χ4v) is 2.52. The summed E-state index contributed by atoms with van der Waals surface area (Å²) < 4.78 is 10.5. The minimum absolute atomic E-state index is 0.294. The average molecular weight is 385 g/mol. The van der Waals surface area contributed by atoms with E-state index in [-0.39, 0.29) is 5.91 Å². The standard InChI is InChI=1S/C19H17ClN4O3/c1-26-16-6-4-3-5-14(16)24-19-21-10-12(11-22-19)18(25)23-15-9-13(20)7-8-17(15)27-2/h3-11H,1-2H3,(H,23,25)(H,21,22,24). The predicted octanol–water partition coefficient (Wildman–Crippen LogP) is 4.14. The van der Waals surface area contributed by atoms with Crippen LogP contribution in [0.4, 0.5) is 17.3 Å². The highest BCUT2D eigenvalue weighted by Gasteiger charge is 2.12. The van der Waals surface area contributed by atoms with Crippen LogP contribution in [0.1, 0.15) is 10.4 Å². The van der Waals surface area contributed by atoms with Crippen molar-refractivity contribution in [1.82, 2.24) is 9.97 Å². The molecule has 27 heavy (non-hydrogen) atoms. The van der Waals surface area contributed by atoms with Crippen molar-refractivity contribution in [2.24, 2.45) is 0 Å². The van der Waals surface area contributed by atoms with Crippen LogP contribution in [0, 0.1) is 0 Å². The summed E-state index contributed by atoms with van der Waals surface area (Å²) in [4.78, 5) is 20.8. The number of hydrogen-bond acceptors (Lipinski definition) is 6. The van der Waals surface area contributed by atoms with E-state index in [1.165, 1.54) is 19.5 Å². The summed E-state index contributed by atoms with van der Waals surface area (Å²) >= 11 is 5.98. The SMILES string of the molecule is COc1ccc(Cl)cc1NC(=O)c1cnc(Nc2ccccc2OC)nc1. The Bertz CT molecular complexity index is 948. The molecule has 0 spiro atoms. The van der Waals surface area contributed by atoms with Crippen molar-refractivity contribution >= 4 is 34.8 Å². The van der Waals surface area contributed by atoms with Gasteiger partial charge in [-0.25, -0.2) is 9.97 Å². The van der Waals surface area contributed by atoms with Crippen LogP contribution in [0.3, 0.4) is 0 Å². The number of nitrogens with one attached hydrogen (secondary N) is 2. The Morgan fingerprint density at radius 2 is 1.63 bits per heavy atom. The zero-order valence-electron chi connectivity index (χ0n) is 14.7. The Kier molecular flexibility index (Phi) is 5.73. The first-order valence-corrected chi connectivity index (χ1v) is 8.35. The molecule has 2 aromatic carbocycles. The molecule has 1 aromatic heterocycles. The van der Waals surface area contributed by atoms with Gasteiger partial charge in [0.05, 0.1) is 31.2 Å². The Morgan fingerprint density at radius 1 is 0.963 bits per heavy atom. The number of nitrogens with zero attached hydrogens (tertiary/aromatic N) is 2. The highest BCUT2D eigenvalue weighted by Crippen LogP contribution is 2.28. The van der Waals surface area contributed by atoms with Crippen molar-refractivity contribution in [2.45, 2.75) is 0 Å². The van der Waals surface area contributed by atoms with Crippen molar-refractivity contribution in [2.75, 3.05) is 24.9 Å². The zero-order chi connectivity index (χ0) is 19.2. The number of carbonyl (C=O) groups is 1. The quantitative estimate of drug-likeness (QED) is 0.664. The van der Waals surface area contributed by atoms with E-state index < -0.39 is 0 Å². The van der Waals surface area contributed by atoms with Crippen LogP contribution in [0.2, 0.25) is 5.02 Å². The third kappa shape index (κ3) is 4.45. The minimum atomic E-state index is -0.376. The van der Waals surface area contributed by atoms with Crippen LogP contribution >= 0.6 is 11.6 Å². The number of benzene rings is 2. The maximum absolute atomic E-state index is 12.4. The van der Waals surface area contributed by atoms with Gasteiger partial charge in [-0.1, -0.05) is 23.7 Å². The van der Waals surface area contributed by atoms with Crippen molar-refractivity contribution in [1.29, 1.82) is 0 Å². The highest BCUT2D eigenvalue weighted by atomic mass is 35.5. The molecule has 0 aliphatic heterocycles. The van der Waals surface area contributed by atoms with Gasteiger partial charge in [0.2, 0.25) is 5.95 Å². The summed E-state index contributed by atoms with van der Waals surface area (Å²) in [6.45, 7) is 0. The third-order valence-electron chi connectivity index (χ3n) is 3.68. The van der Waals surface area contributed by atoms with Crippen LogP contribution in [-0.2, 0) is 0 Å². The Morgan fingerprint density at radius 3 is 2.33 bits per heavy atom. The molecule has 0 atom stereocenters. The van der Waals surface area contributed by atoms with Gasteiger partial charge < -0.3 is 20.1 Å². The molecule has 0 saturated carbocycles. The lowest BCUT2D eigenvalue weighted by Gasteiger charge is -2.11. The molecule has 0 bridgehead atoms. The van der Waals surface area contributed by atoms with Gasteiger partial charge in [0.15, 0.2) is 0 Å². The summed E-state index contributed by atoms with van der Waals surface area (Å²) in [7, 11) is 3.10. The van der Waals surface area contributed by atoms with E-state index in [1.54, 1.807) is 25.3 Å². The Labute approximate surface area is 161 Å². The van der Waals surface area contributed by atoms with Gasteiger partial charge in [-0.15, -0.1) is 0 Å². The van der Waals surface area contributed by atoms with E-state index in [0.29, 0.717) is 33.7 Å². The second-order valence-electron chi connectivity index (χ2n) is 5.42. The van der Waals surface area contributed by atoms with Crippen molar-refractivity contribution < 1.29 is 14.3 Å². The van der Waals surface area contributed by atoms with Crippen molar-refractivity contribution in [3.05, 3.63) is 65.4 Å². The Hall–Kier alpha value is -3.32. The van der Waals surface area contributed by atoms with Crippen LogP contribution < -0.4 is 20.1 Å². The highest BCUT2D eigenvalue weighted by molar-refractivity contribution is 6.31. The predicted molar refractivity (Wildman–Crippen MR) is 104 cm³/mol. The van der Waals surface area contributed by atoms with Crippen LogP contribution in [-0.4, -0.2) is 30.1 Å². The number of para-hydroxylation sites is 2. The van der Waals surface area contributed by atoms with Gasteiger partial charge in [0, 0.05) is 17.4 Å². The number of anilines is 3. The normalized spacial score (nSPS) is 10.2. The molecule has 1 heterocycles. The van der Waals surface area contributed by atoms with Gasteiger partial charge in [-0.3, -0.25) is 4.79 Å². The molecule has 0 fully saturated rings. The lowest BCUT2D eigenvalue weighted by atomic mass is 10.2. The van der Waals surface area contributed by atoms with Crippen LogP contribution in [0.25, 0.3) is 0 Å². The molecule has 0 unspecified atom stereocenters. The molecule has 8 heteroatoms. The van der Waals surface area contributed by atoms with Gasteiger partial charge in [-0.2, -0.15) is 0 Å². The summed E-state index contributed by atoms with van der Waals surface area (Å²) in [6.07, 6.45) is 2.86. The molecule has 7 nitrogen and oxygen atoms in total. The average Bonchev–Trinajstić information content (AvgIpc) is 2.69. The second kappa shape index (κ2) is 8.37. The minimum Gasteiger partial charge on any atom is -0.495 e. The fraction of sp³-hybridized carbons (Fsp3) is 0.105. The first-order chi connectivity index (χ1) is 13.1. The number of aromatic nitrogens is 2. The number of amides is 1. The largest absolute Gasteiger partial charge is 0.495 e. The zero-order valence-corrected chi connectivity index (χ0v) is 15.4. The van der Waals surface area contributed by atoms with Crippen molar-refractivity contribution in [3.63, 3.8) is 0 Å². The molecule has 0 aliphatic carbocycles. The van der Waals surface area contributed by atoms with Gasteiger partial charge in [0.25, 0.3) is 5.91 Å². The number of carbonyl (C=O) groups excluding carboxylic acids is 1. The van der Waals surface area contributed by atoms with Crippen LogP contribution in [0.5, 0.6) is 11.5 Å². The first-order valence-electron chi connectivity index (χ1n) is 7.97. The monoisotopic (exact) mass is 384 g/mol. The molecule has 3 rings (SSSR count). The van der Waals surface area contributed by atoms with E-state index in [4.69, 9.17) is 21.1 Å². The second-order valence-corrected chi connectivity index (χ2v) is 5.86. The summed E-state index contributed by atoms with van der Waals surface area (Å²) in [6, 6.07) is 12.4. The number of halogens is 1. The summed E-state index contributed by atoms with van der Waals surface area (Å²) in [5.74, 6) is 1.13. The lowest BCUT2D eigenvalue weighted by Crippen LogP contribution is -2.13. The smallest absolute Gasteiger partial charge is 0.258 e. The van der Waals surface area contributed by atoms with E-state index in [0.717, 1.165) is 5.69 Å². The van der Waals surface area contributed by atoms with Gasteiger partial charge in [0.1, 0.15) is 11.5 Å². The number of ether oxygens (including phenoxy) is 2. The molecule has 1 amide bonds. The molecule has 0 saturated heterocycles. The maximum Gasteiger partial charge on any atom is 0.258 e.